The van der Waals surface area contributed by atoms with Gasteiger partial charge in [0.15, 0.2) is 5.76 Å². The maximum absolute atomic E-state index is 5.26. The Hall–Kier alpha value is -1.23. The first kappa shape index (κ1) is 10.3. The summed E-state index contributed by atoms with van der Waals surface area (Å²) in [4.78, 5) is 0. The van der Waals surface area contributed by atoms with Crippen LogP contribution in [0.25, 0.3) is 11.3 Å². The lowest BCUT2D eigenvalue weighted by Gasteiger charge is -1.95. The topological polar surface area (TPSA) is 43.9 Å². The molecular weight excluding hydrogens is 210 g/mol. The SMILES string of the molecule is Cc1nn(C)c(C)c1-c1cc(CS)no1. The standard InChI is InChI=1S/C10H13N3OS/c1-6-10(7(2)13(3)11-6)9-4-8(5-15)12-14-9/h4,15H,5H2,1-3H3. The van der Waals surface area contributed by atoms with Gasteiger partial charge < -0.3 is 4.52 Å². The van der Waals surface area contributed by atoms with Gasteiger partial charge in [-0.2, -0.15) is 17.7 Å². The summed E-state index contributed by atoms with van der Waals surface area (Å²) in [7, 11) is 1.92. The number of aryl methyl sites for hydroxylation is 2. The third-order valence-electron chi connectivity index (χ3n) is 2.48. The molecule has 0 saturated heterocycles. The van der Waals surface area contributed by atoms with Gasteiger partial charge in [0.1, 0.15) is 0 Å². The molecule has 2 aromatic rings. The average molecular weight is 223 g/mol. The minimum Gasteiger partial charge on any atom is -0.356 e. The zero-order valence-electron chi connectivity index (χ0n) is 8.98. The zero-order valence-corrected chi connectivity index (χ0v) is 9.88. The van der Waals surface area contributed by atoms with Gasteiger partial charge in [0.25, 0.3) is 0 Å². The smallest absolute Gasteiger partial charge is 0.170 e. The summed E-state index contributed by atoms with van der Waals surface area (Å²) in [5.41, 5.74) is 3.90. The molecule has 4 nitrogen and oxygen atoms in total. The maximum atomic E-state index is 5.26. The molecule has 0 bridgehead atoms. The van der Waals surface area contributed by atoms with E-state index < -0.39 is 0 Å². The highest BCUT2D eigenvalue weighted by molar-refractivity contribution is 7.79. The molecule has 0 aliphatic rings. The second-order valence-corrected chi connectivity index (χ2v) is 3.83. The van der Waals surface area contributed by atoms with Crippen molar-refractivity contribution in [1.82, 2.24) is 14.9 Å². The van der Waals surface area contributed by atoms with Crippen molar-refractivity contribution in [2.45, 2.75) is 19.6 Å². The third kappa shape index (κ3) is 1.67. The molecule has 0 spiro atoms. The molecule has 0 radical (unpaired) electrons. The van der Waals surface area contributed by atoms with Gasteiger partial charge >= 0.3 is 0 Å². The van der Waals surface area contributed by atoms with Crippen LogP contribution in [0.15, 0.2) is 10.6 Å². The van der Waals surface area contributed by atoms with Crippen LogP contribution >= 0.6 is 12.6 Å². The van der Waals surface area contributed by atoms with Crippen LogP contribution in [0.4, 0.5) is 0 Å². The van der Waals surface area contributed by atoms with Crippen LogP contribution in [0.3, 0.4) is 0 Å². The second kappa shape index (κ2) is 3.73. The number of aromatic nitrogens is 3. The minimum absolute atomic E-state index is 0.585. The van der Waals surface area contributed by atoms with Gasteiger partial charge in [0.2, 0.25) is 0 Å². The quantitative estimate of drug-likeness (QED) is 0.793. The summed E-state index contributed by atoms with van der Waals surface area (Å²) < 4.78 is 7.11. The second-order valence-electron chi connectivity index (χ2n) is 3.51. The van der Waals surface area contributed by atoms with Gasteiger partial charge in [0.05, 0.1) is 17.0 Å². The Bertz CT molecular complexity index is 487. The lowest BCUT2D eigenvalue weighted by atomic mass is 10.1. The van der Waals surface area contributed by atoms with Crippen molar-refractivity contribution in [3.63, 3.8) is 0 Å². The fraction of sp³-hybridized carbons (Fsp3) is 0.400. The highest BCUT2D eigenvalue weighted by Gasteiger charge is 2.15. The van der Waals surface area contributed by atoms with Crippen LogP contribution in [-0.4, -0.2) is 14.9 Å². The third-order valence-corrected chi connectivity index (χ3v) is 2.80. The van der Waals surface area contributed by atoms with E-state index in [9.17, 15) is 0 Å². The summed E-state index contributed by atoms with van der Waals surface area (Å²) in [6, 6.07) is 1.91. The Kier molecular flexibility index (Phi) is 2.56. The Morgan fingerprint density at radius 1 is 1.47 bits per heavy atom. The van der Waals surface area contributed by atoms with Gasteiger partial charge in [0, 0.05) is 24.6 Å². The number of thiol groups is 1. The van der Waals surface area contributed by atoms with Gasteiger partial charge in [-0.25, -0.2) is 0 Å². The Morgan fingerprint density at radius 2 is 2.20 bits per heavy atom. The van der Waals surface area contributed by atoms with Crippen molar-refractivity contribution in [2.24, 2.45) is 7.05 Å². The zero-order chi connectivity index (χ0) is 11.0. The summed E-state index contributed by atoms with van der Waals surface area (Å²) in [6.45, 7) is 3.98. The number of nitrogens with zero attached hydrogens (tertiary/aromatic N) is 3. The van der Waals surface area contributed by atoms with Gasteiger partial charge in [-0.15, -0.1) is 0 Å². The number of hydrogen-bond donors (Lipinski definition) is 1. The van der Waals surface area contributed by atoms with Crippen molar-refractivity contribution in [1.29, 1.82) is 0 Å². The van der Waals surface area contributed by atoms with Crippen LogP contribution in [-0.2, 0) is 12.8 Å². The van der Waals surface area contributed by atoms with Crippen molar-refractivity contribution >= 4 is 12.6 Å². The van der Waals surface area contributed by atoms with Crippen LogP contribution in [0.2, 0.25) is 0 Å². The Balaban J connectivity index is 2.53. The predicted octanol–water partition coefficient (Wildman–Crippen LogP) is 2.12. The fourth-order valence-corrected chi connectivity index (χ4v) is 1.78. The molecule has 0 saturated carbocycles. The normalized spacial score (nSPS) is 10.9. The summed E-state index contributed by atoms with van der Waals surface area (Å²) >= 11 is 4.15. The van der Waals surface area contributed by atoms with E-state index in [-0.39, 0.29) is 0 Å². The van der Waals surface area contributed by atoms with Crippen LogP contribution < -0.4 is 0 Å². The van der Waals surface area contributed by atoms with Crippen molar-refractivity contribution in [3.8, 4) is 11.3 Å². The molecule has 80 valence electrons. The average Bonchev–Trinajstić information content (AvgIpc) is 2.74. The number of rotatable bonds is 2. The molecule has 0 fully saturated rings. The molecule has 0 amide bonds. The molecule has 15 heavy (non-hydrogen) atoms. The molecule has 5 heteroatoms. The highest BCUT2D eigenvalue weighted by Crippen LogP contribution is 2.27. The highest BCUT2D eigenvalue weighted by atomic mass is 32.1. The van der Waals surface area contributed by atoms with Gasteiger partial charge in [-0.1, -0.05) is 5.16 Å². The van der Waals surface area contributed by atoms with E-state index in [1.807, 2.05) is 31.6 Å². The van der Waals surface area contributed by atoms with E-state index in [4.69, 9.17) is 4.52 Å². The van der Waals surface area contributed by atoms with E-state index in [2.05, 4.69) is 22.9 Å². The molecule has 0 aromatic carbocycles. The fourth-order valence-electron chi connectivity index (χ4n) is 1.63. The van der Waals surface area contributed by atoms with Crippen molar-refractivity contribution < 1.29 is 4.52 Å². The largest absolute Gasteiger partial charge is 0.356 e. The van der Waals surface area contributed by atoms with Crippen LogP contribution in [0.5, 0.6) is 0 Å². The molecular formula is C10H13N3OS. The molecule has 2 aromatic heterocycles. The molecule has 0 unspecified atom stereocenters. The summed E-state index contributed by atoms with van der Waals surface area (Å²) in [6.07, 6.45) is 0. The first-order valence-corrected chi connectivity index (χ1v) is 5.33. The van der Waals surface area contributed by atoms with E-state index in [1.165, 1.54) is 0 Å². The van der Waals surface area contributed by atoms with Gasteiger partial charge in [-0.05, 0) is 13.8 Å². The lowest BCUT2D eigenvalue weighted by Crippen LogP contribution is -1.92. The molecule has 2 rings (SSSR count). The Morgan fingerprint density at radius 3 is 2.67 bits per heavy atom. The number of hydrogen-bond acceptors (Lipinski definition) is 4. The summed E-state index contributed by atoms with van der Waals surface area (Å²) in [5, 5.41) is 8.25. The monoisotopic (exact) mass is 223 g/mol. The first-order chi connectivity index (χ1) is 7.13. The molecule has 0 aliphatic carbocycles. The van der Waals surface area contributed by atoms with Crippen molar-refractivity contribution in [3.05, 3.63) is 23.1 Å². The summed E-state index contributed by atoms with van der Waals surface area (Å²) in [5.74, 6) is 1.35. The molecule has 2 heterocycles. The van der Waals surface area contributed by atoms with E-state index in [0.29, 0.717) is 5.75 Å². The molecule has 0 N–H and O–H groups in total. The maximum Gasteiger partial charge on any atom is 0.170 e. The first-order valence-electron chi connectivity index (χ1n) is 4.70. The molecule has 0 aliphatic heterocycles. The van der Waals surface area contributed by atoms with E-state index in [1.54, 1.807) is 0 Å². The van der Waals surface area contributed by atoms with E-state index in [0.717, 1.165) is 28.4 Å². The predicted molar refractivity (Wildman–Crippen MR) is 60.9 cm³/mol. The lowest BCUT2D eigenvalue weighted by molar-refractivity contribution is 0.426. The van der Waals surface area contributed by atoms with Crippen LogP contribution in [0, 0.1) is 13.8 Å². The Labute approximate surface area is 93.7 Å². The minimum atomic E-state index is 0.585. The van der Waals surface area contributed by atoms with Crippen LogP contribution in [0.1, 0.15) is 17.1 Å². The van der Waals surface area contributed by atoms with Gasteiger partial charge in [-0.3, -0.25) is 4.68 Å². The molecule has 0 atom stereocenters. The van der Waals surface area contributed by atoms with Crippen molar-refractivity contribution in [2.75, 3.05) is 0 Å². The van der Waals surface area contributed by atoms with E-state index >= 15 is 0 Å².